The first-order chi connectivity index (χ1) is 13.5. The topological polar surface area (TPSA) is 93.5 Å². The maximum absolute atomic E-state index is 12.1. The van der Waals surface area contributed by atoms with Crippen molar-refractivity contribution in [1.29, 1.82) is 0 Å². The number of methoxy groups -OCH3 is 1. The predicted molar refractivity (Wildman–Crippen MR) is 109 cm³/mol. The number of carbonyl (C=O) groups is 1. The van der Waals surface area contributed by atoms with Crippen LogP contribution in [0.4, 0.5) is 5.69 Å². The predicted octanol–water partition coefficient (Wildman–Crippen LogP) is 3.16. The van der Waals surface area contributed by atoms with Gasteiger partial charge in [0, 0.05) is 5.69 Å². The third kappa shape index (κ3) is 5.04. The molecule has 9 heteroatoms. The van der Waals surface area contributed by atoms with Crippen molar-refractivity contribution < 1.29 is 14.3 Å². The van der Waals surface area contributed by atoms with Crippen LogP contribution in [0.2, 0.25) is 0 Å². The summed E-state index contributed by atoms with van der Waals surface area (Å²) in [7, 11) is 1.53. The Morgan fingerprint density at radius 2 is 2.07 bits per heavy atom. The van der Waals surface area contributed by atoms with Gasteiger partial charge in [0.2, 0.25) is 4.77 Å². The smallest absolute Gasteiger partial charge is 0.262 e. The number of aromatic nitrogens is 3. The summed E-state index contributed by atoms with van der Waals surface area (Å²) in [6.07, 6.45) is 3.09. The summed E-state index contributed by atoms with van der Waals surface area (Å²) in [6.45, 7) is 1.85. The van der Waals surface area contributed by atoms with E-state index in [0.717, 1.165) is 16.8 Å². The molecule has 1 amide bonds. The minimum atomic E-state index is -0.258. The van der Waals surface area contributed by atoms with Crippen molar-refractivity contribution in [2.24, 2.45) is 5.10 Å². The highest BCUT2D eigenvalue weighted by Crippen LogP contribution is 2.27. The second-order valence-electron chi connectivity index (χ2n) is 5.86. The van der Waals surface area contributed by atoms with Crippen molar-refractivity contribution in [2.75, 3.05) is 19.0 Å². The van der Waals surface area contributed by atoms with E-state index < -0.39 is 0 Å². The number of rotatable bonds is 7. The van der Waals surface area contributed by atoms with Gasteiger partial charge in [-0.1, -0.05) is 17.7 Å². The fourth-order valence-electron chi connectivity index (χ4n) is 2.31. The zero-order valence-corrected chi connectivity index (χ0v) is 16.2. The van der Waals surface area contributed by atoms with Gasteiger partial charge < -0.3 is 14.8 Å². The van der Waals surface area contributed by atoms with Crippen LogP contribution in [-0.4, -0.2) is 40.7 Å². The quantitative estimate of drug-likeness (QED) is 0.472. The van der Waals surface area contributed by atoms with E-state index in [0.29, 0.717) is 16.3 Å². The molecule has 0 saturated heterocycles. The molecule has 2 N–H and O–H groups in total. The maximum atomic E-state index is 12.1. The fraction of sp³-hybridized carbons (Fsp3) is 0.158. The number of carbonyl (C=O) groups excluding carboxylic acids is 1. The molecular weight excluding hydrogens is 378 g/mol. The Bertz CT molecular complexity index is 1040. The fourth-order valence-corrected chi connectivity index (χ4v) is 2.46. The van der Waals surface area contributed by atoms with E-state index >= 15 is 0 Å². The molecule has 0 spiro atoms. The van der Waals surface area contributed by atoms with Gasteiger partial charge in [0.15, 0.2) is 18.1 Å². The number of aromatic amines is 1. The maximum Gasteiger partial charge on any atom is 0.262 e. The first-order valence-electron chi connectivity index (χ1n) is 8.39. The van der Waals surface area contributed by atoms with Gasteiger partial charge in [0.05, 0.1) is 13.3 Å². The minimum absolute atomic E-state index is 0.137. The van der Waals surface area contributed by atoms with Gasteiger partial charge in [-0.2, -0.15) is 14.9 Å². The Hall–Kier alpha value is -3.46. The molecule has 8 nitrogen and oxygen atoms in total. The van der Waals surface area contributed by atoms with Crippen LogP contribution in [0, 0.1) is 11.7 Å². The zero-order chi connectivity index (χ0) is 19.9. The number of H-pyrrole nitrogens is 1. The van der Waals surface area contributed by atoms with Crippen LogP contribution < -0.4 is 14.8 Å². The van der Waals surface area contributed by atoms with Crippen LogP contribution in [-0.2, 0) is 4.79 Å². The van der Waals surface area contributed by atoms with Crippen LogP contribution >= 0.6 is 12.2 Å². The summed E-state index contributed by atoms with van der Waals surface area (Å²) in [5, 5.41) is 13.4. The molecule has 28 heavy (non-hydrogen) atoms. The molecule has 0 unspecified atom stereocenters. The van der Waals surface area contributed by atoms with Crippen molar-refractivity contribution >= 4 is 30.0 Å². The van der Waals surface area contributed by atoms with E-state index in [2.05, 4.69) is 20.6 Å². The molecule has 0 aliphatic carbocycles. The van der Waals surface area contributed by atoms with Crippen molar-refractivity contribution in [1.82, 2.24) is 14.9 Å². The zero-order valence-electron chi connectivity index (χ0n) is 15.4. The van der Waals surface area contributed by atoms with Crippen LogP contribution in [0.25, 0.3) is 0 Å². The summed E-state index contributed by atoms with van der Waals surface area (Å²) >= 11 is 5.03. The molecule has 0 saturated carbocycles. The Morgan fingerprint density at radius 3 is 2.75 bits per heavy atom. The SMILES string of the molecule is COc1cc(/C=N/n2cn[nH]c2=S)ccc1OCC(=O)Nc1ccc(C)cc1. The largest absolute Gasteiger partial charge is 0.493 e. The molecule has 0 atom stereocenters. The van der Waals surface area contributed by atoms with Crippen molar-refractivity contribution in [3.63, 3.8) is 0 Å². The highest BCUT2D eigenvalue weighted by atomic mass is 32.1. The van der Waals surface area contributed by atoms with E-state index in [4.69, 9.17) is 21.7 Å². The highest BCUT2D eigenvalue weighted by molar-refractivity contribution is 7.71. The van der Waals surface area contributed by atoms with Gasteiger partial charge in [0.25, 0.3) is 5.91 Å². The monoisotopic (exact) mass is 397 g/mol. The molecule has 0 radical (unpaired) electrons. The van der Waals surface area contributed by atoms with E-state index in [1.807, 2.05) is 31.2 Å². The van der Waals surface area contributed by atoms with Gasteiger partial charge in [-0.05, 0) is 55.0 Å². The van der Waals surface area contributed by atoms with E-state index in [1.54, 1.807) is 24.4 Å². The van der Waals surface area contributed by atoms with Crippen LogP contribution in [0.1, 0.15) is 11.1 Å². The van der Waals surface area contributed by atoms with Crippen molar-refractivity contribution in [3.8, 4) is 11.5 Å². The molecule has 3 rings (SSSR count). The molecule has 0 fully saturated rings. The van der Waals surface area contributed by atoms with Crippen LogP contribution in [0.3, 0.4) is 0 Å². The van der Waals surface area contributed by atoms with E-state index in [9.17, 15) is 4.79 Å². The second kappa shape index (κ2) is 8.96. The average molecular weight is 397 g/mol. The van der Waals surface area contributed by atoms with Gasteiger partial charge >= 0.3 is 0 Å². The lowest BCUT2D eigenvalue weighted by molar-refractivity contribution is -0.118. The normalized spacial score (nSPS) is 10.8. The van der Waals surface area contributed by atoms with Crippen LogP contribution in [0.5, 0.6) is 11.5 Å². The number of anilines is 1. The molecular formula is C19H19N5O3S. The number of benzene rings is 2. The third-order valence-corrected chi connectivity index (χ3v) is 4.03. The van der Waals surface area contributed by atoms with E-state index in [1.165, 1.54) is 18.1 Å². The Balaban J connectivity index is 1.63. The number of amides is 1. The van der Waals surface area contributed by atoms with Gasteiger partial charge in [-0.3, -0.25) is 9.89 Å². The molecule has 1 aromatic heterocycles. The lowest BCUT2D eigenvalue weighted by atomic mass is 10.2. The first-order valence-corrected chi connectivity index (χ1v) is 8.80. The summed E-state index contributed by atoms with van der Waals surface area (Å²) in [4.78, 5) is 12.1. The number of ether oxygens (including phenoxy) is 2. The first kappa shape index (κ1) is 19.3. The number of hydrogen-bond acceptors (Lipinski definition) is 6. The molecule has 144 valence electrons. The summed E-state index contributed by atoms with van der Waals surface area (Å²) in [5.41, 5.74) is 2.62. The summed E-state index contributed by atoms with van der Waals surface area (Å²) in [6, 6.07) is 12.8. The Kier molecular flexibility index (Phi) is 6.18. The van der Waals surface area contributed by atoms with Crippen molar-refractivity contribution in [3.05, 3.63) is 64.7 Å². The molecule has 0 bridgehead atoms. The lowest BCUT2D eigenvalue weighted by Crippen LogP contribution is -2.20. The van der Waals surface area contributed by atoms with Gasteiger partial charge in [0.1, 0.15) is 6.33 Å². The lowest BCUT2D eigenvalue weighted by Gasteiger charge is -2.11. The van der Waals surface area contributed by atoms with E-state index in [-0.39, 0.29) is 12.5 Å². The average Bonchev–Trinajstić information content (AvgIpc) is 3.11. The standard InChI is InChI=1S/C19H19N5O3S/c1-13-3-6-15(7-4-13)22-18(25)11-27-16-8-5-14(9-17(16)26-2)10-21-24-12-20-23-19(24)28/h3-10,12H,11H2,1-2H3,(H,22,25)(H,23,28)/b21-10+. The highest BCUT2D eigenvalue weighted by Gasteiger charge is 2.09. The molecule has 0 aliphatic heterocycles. The Morgan fingerprint density at radius 1 is 1.29 bits per heavy atom. The number of aryl methyl sites for hydroxylation is 1. The number of hydrogen-bond donors (Lipinski definition) is 2. The minimum Gasteiger partial charge on any atom is -0.493 e. The van der Waals surface area contributed by atoms with Gasteiger partial charge in [-0.25, -0.2) is 0 Å². The van der Waals surface area contributed by atoms with Crippen molar-refractivity contribution in [2.45, 2.75) is 6.92 Å². The van der Waals surface area contributed by atoms with Gasteiger partial charge in [-0.15, -0.1) is 0 Å². The summed E-state index contributed by atoms with van der Waals surface area (Å²) in [5.74, 6) is 0.687. The number of nitrogens with one attached hydrogen (secondary N) is 2. The molecule has 2 aromatic carbocycles. The summed E-state index contributed by atoms with van der Waals surface area (Å²) < 4.78 is 12.8. The van der Waals surface area contributed by atoms with Crippen LogP contribution in [0.15, 0.2) is 53.9 Å². The molecule has 0 aliphatic rings. The third-order valence-electron chi connectivity index (χ3n) is 3.75. The Labute approximate surface area is 166 Å². The molecule has 1 heterocycles. The second-order valence-corrected chi connectivity index (χ2v) is 6.25. The molecule has 3 aromatic rings. The number of nitrogens with zero attached hydrogens (tertiary/aromatic N) is 3.